The summed E-state index contributed by atoms with van der Waals surface area (Å²) in [5.74, 6) is -0.687. The lowest BCUT2D eigenvalue weighted by molar-refractivity contribution is 0.0700. The number of piperidine rings is 1. The van der Waals surface area contributed by atoms with E-state index in [2.05, 4.69) is 5.32 Å². The molecule has 1 N–H and O–H groups in total. The fourth-order valence-electron chi connectivity index (χ4n) is 3.71. The number of carbonyl (C=O) groups is 2. The summed E-state index contributed by atoms with van der Waals surface area (Å²) in [6, 6.07) is 19.3. The van der Waals surface area contributed by atoms with E-state index in [4.69, 9.17) is 0 Å². The zero-order valence-electron chi connectivity index (χ0n) is 15.4. The molecule has 28 heavy (non-hydrogen) atoms. The van der Waals surface area contributed by atoms with Gasteiger partial charge in [0.25, 0.3) is 11.8 Å². The molecule has 0 saturated carbocycles. The summed E-state index contributed by atoms with van der Waals surface area (Å²) in [5, 5.41) is 4.95. The van der Waals surface area contributed by atoms with Gasteiger partial charge < -0.3 is 10.2 Å². The van der Waals surface area contributed by atoms with Crippen LogP contribution in [0.2, 0.25) is 0 Å². The van der Waals surface area contributed by atoms with E-state index in [1.807, 2.05) is 47.4 Å². The summed E-state index contributed by atoms with van der Waals surface area (Å²) in [6.45, 7) is 1.16. The van der Waals surface area contributed by atoms with Gasteiger partial charge in [0.05, 0.1) is 0 Å². The highest BCUT2D eigenvalue weighted by Gasteiger charge is 2.25. The topological polar surface area (TPSA) is 49.4 Å². The van der Waals surface area contributed by atoms with Crippen LogP contribution < -0.4 is 5.32 Å². The van der Waals surface area contributed by atoms with Gasteiger partial charge in [0.15, 0.2) is 0 Å². The molecule has 1 heterocycles. The van der Waals surface area contributed by atoms with Crippen molar-refractivity contribution in [1.29, 1.82) is 0 Å². The van der Waals surface area contributed by atoms with Crippen LogP contribution >= 0.6 is 0 Å². The molecule has 0 radical (unpaired) electrons. The molecule has 0 bridgehead atoms. The highest BCUT2D eigenvalue weighted by atomic mass is 19.1. The molecule has 0 aliphatic carbocycles. The highest BCUT2D eigenvalue weighted by Crippen LogP contribution is 2.22. The predicted octanol–water partition coefficient (Wildman–Crippen LogP) is 4.01. The predicted molar refractivity (Wildman–Crippen MR) is 107 cm³/mol. The Morgan fingerprint density at radius 2 is 1.64 bits per heavy atom. The van der Waals surface area contributed by atoms with Crippen LogP contribution in [-0.2, 0) is 0 Å². The van der Waals surface area contributed by atoms with Gasteiger partial charge in [-0.15, -0.1) is 0 Å². The number of benzene rings is 3. The van der Waals surface area contributed by atoms with Crippen LogP contribution in [0, 0.1) is 5.82 Å². The van der Waals surface area contributed by atoms with E-state index in [1.54, 1.807) is 6.07 Å². The minimum atomic E-state index is -0.428. The molecule has 0 aromatic heterocycles. The lowest BCUT2D eigenvalue weighted by atomic mass is 10.0. The quantitative estimate of drug-likeness (QED) is 0.751. The summed E-state index contributed by atoms with van der Waals surface area (Å²) < 4.78 is 13.3. The van der Waals surface area contributed by atoms with Crippen molar-refractivity contribution in [1.82, 2.24) is 10.2 Å². The molecule has 5 heteroatoms. The lowest BCUT2D eigenvalue weighted by Gasteiger charge is -2.32. The summed E-state index contributed by atoms with van der Waals surface area (Å²) in [5.41, 5.74) is 1.02. The second-order valence-corrected chi connectivity index (χ2v) is 7.08. The first-order valence-electron chi connectivity index (χ1n) is 9.45. The molecule has 2 amide bonds. The number of hydrogen-bond donors (Lipinski definition) is 1. The molecule has 0 spiro atoms. The third kappa shape index (κ3) is 3.74. The number of nitrogens with zero attached hydrogens (tertiary/aromatic N) is 1. The van der Waals surface area contributed by atoms with Crippen molar-refractivity contribution in [3.05, 3.63) is 83.7 Å². The van der Waals surface area contributed by atoms with Gasteiger partial charge in [-0.2, -0.15) is 0 Å². The van der Waals surface area contributed by atoms with Crippen LogP contribution in [0.1, 0.15) is 33.6 Å². The maximum Gasteiger partial charge on any atom is 0.254 e. The minimum Gasteiger partial charge on any atom is -0.349 e. The van der Waals surface area contributed by atoms with Crippen LogP contribution in [0.5, 0.6) is 0 Å². The molecular weight excluding hydrogens is 355 g/mol. The van der Waals surface area contributed by atoms with Crippen molar-refractivity contribution < 1.29 is 14.0 Å². The van der Waals surface area contributed by atoms with E-state index in [-0.39, 0.29) is 17.9 Å². The number of nitrogens with one attached hydrogen (secondary N) is 1. The van der Waals surface area contributed by atoms with E-state index >= 15 is 0 Å². The number of halogens is 1. The lowest BCUT2D eigenvalue weighted by Crippen LogP contribution is -2.46. The monoisotopic (exact) mass is 376 g/mol. The number of hydrogen-bond acceptors (Lipinski definition) is 2. The van der Waals surface area contributed by atoms with E-state index in [9.17, 15) is 14.0 Å². The molecule has 142 valence electrons. The van der Waals surface area contributed by atoms with Crippen molar-refractivity contribution in [2.45, 2.75) is 18.9 Å². The van der Waals surface area contributed by atoms with Gasteiger partial charge in [0.1, 0.15) is 5.82 Å². The smallest absolute Gasteiger partial charge is 0.254 e. The Balaban J connectivity index is 1.40. The maximum atomic E-state index is 13.3. The summed E-state index contributed by atoms with van der Waals surface area (Å²) in [4.78, 5) is 27.1. The molecule has 4 rings (SSSR count). The number of carbonyl (C=O) groups excluding carboxylic acids is 2. The fourth-order valence-corrected chi connectivity index (χ4v) is 3.71. The molecular formula is C23H21FN2O2. The second-order valence-electron chi connectivity index (χ2n) is 7.08. The normalized spacial score (nSPS) is 14.8. The molecule has 1 aliphatic rings. The van der Waals surface area contributed by atoms with Gasteiger partial charge >= 0.3 is 0 Å². The number of fused-ring (bicyclic) bond motifs is 1. The zero-order valence-corrected chi connectivity index (χ0v) is 15.4. The van der Waals surface area contributed by atoms with E-state index in [0.717, 1.165) is 10.8 Å². The molecule has 1 aliphatic heterocycles. The van der Waals surface area contributed by atoms with Crippen LogP contribution in [0.3, 0.4) is 0 Å². The molecule has 1 fully saturated rings. The average molecular weight is 376 g/mol. The number of rotatable bonds is 3. The zero-order chi connectivity index (χ0) is 19.5. The molecule has 3 aromatic carbocycles. The molecule has 1 saturated heterocycles. The minimum absolute atomic E-state index is 0.0201. The first kappa shape index (κ1) is 18.2. The highest BCUT2D eigenvalue weighted by molar-refractivity contribution is 6.07. The number of likely N-dealkylation sites (tertiary alicyclic amines) is 1. The molecule has 0 atom stereocenters. The Bertz CT molecular complexity index is 1020. The van der Waals surface area contributed by atoms with Crippen LogP contribution in [-0.4, -0.2) is 35.8 Å². The standard InChI is InChI=1S/C23H21FN2O2/c24-18-8-3-7-17(15-18)22(27)25-19-11-13-26(14-12-19)23(28)21-10-4-6-16-5-1-2-9-20(16)21/h1-10,15,19H,11-14H2,(H,25,27). The van der Waals surface area contributed by atoms with Crippen molar-refractivity contribution in [2.75, 3.05) is 13.1 Å². The van der Waals surface area contributed by atoms with Gasteiger partial charge in [0, 0.05) is 30.3 Å². The van der Waals surface area contributed by atoms with Crippen molar-refractivity contribution in [3.8, 4) is 0 Å². The van der Waals surface area contributed by atoms with Gasteiger partial charge in [0.2, 0.25) is 0 Å². The van der Waals surface area contributed by atoms with Gasteiger partial charge in [-0.05, 0) is 47.9 Å². The van der Waals surface area contributed by atoms with Crippen LogP contribution in [0.15, 0.2) is 66.7 Å². The van der Waals surface area contributed by atoms with Gasteiger partial charge in [-0.25, -0.2) is 4.39 Å². The third-order valence-electron chi connectivity index (χ3n) is 5.22. The van der Waals surface area contributed by atoms with Crippen molar-refractivity contribution in [3.63, 3.8) is 0 Å². The first-order chi connectivity index (χ1) is 13.6. The van der Waals surface area contributed by atoms with Crippen molar-refractivity contribution >= 4 is 22.6 Å². The van der Waals surface area contributed by atoms with E-state index in [1.165, 1.54) is 18.2 Å². The Morgan fingerprint density at radius 1 is 0.929 bits per heavy atom. The summed E-state index contributed by atoms with van der Waals surface area (Å²) in [6.07, 6.45) is 1.36. The Kier molecular flexibility index (Phi) is 5.06. The second kappa shape index (κ2) is 7.80. The molecule has 4 nitrogen and oxygen atoms in total. The maximum absolute atomic E-state index is 13.3. The number of amides is 2. The fraction of sp³-hybridized carbons (Fsp3) is 0.217. The van der Waals surface area contributed by atoms with Crippen molar-refractivity contribution in [2.24, 2.45) is 0 Å². The Hall–Kier alpha value is -3.21. The average Bonchev–Trinajstić information content (AvgIpc) is 2.73. The largest absolute Gasteiger partial charge is 0.349 e. The third-order valence-corrected chi connectivity index (χ3v) is 5.22. The van der Waals surface area contributed by atoms with Gasteiger partial charge in [-0.3, -0.25) is 9.59 Å². The summed E-state index contributed by atoms with van der Waals surface area (Å²) >= 11 is 0. The van der Waals surface area contributed by atoms with Crippen LogP contribution in [0.25, 0.3) is 10.8 Å². The Labute approximate surface area is 163 Å². The SMILES string of the molecule is O=C(NC1CCN(C(=O)c2cccc3ccccc23)CC1)c1cccc(F)c1. The van der Waals surface area contributed by atoms with E-state index < -0.39 is 5.82 Å². The molecule has 3 aromatic rings. The van der Waals surface area contributed by atoms with Gasteiger partial charge in [-0.1, -0.05) is 42.5 Å². The summed E-state index contributed by atoms with van der Waals surface area (Å²) in [7, 11) is 0. The molecule has 0 unspecified atom stereocenters. The van der Waals surface area contributed by atoms with E-state index in [0.29, 0.717) is 37.1 Å². The Morgan fingerprint density at radius 3 is 2.43 bits per heavy atom. The van der Waals surface area contributed by atoms with Crippen LogP contribution in [0.4, 0.5) is 4.39 Å². The first-order valence-corrected chi connectivity index (χ1v) is 9.45.